The van der Waals surface area contributed by atoms with E-state index in [0.717, 1.165) is 0 Å². The first-order valence-corrected chi connectivity index (χ1v) is 6.22. The molecule has 8 nitrogen and oxygen atoms in total. The number of rotatable bonds is 5. The van der Waals surface area contributed by atoms with Crippen molar-refractivity contribution in [1.82, 2.24) is 9.55 Å². The number of nitrogen functional groups attached to an aromatic ring is 1. The lowest BCUT2D eigenvalue weighted by molar-refractivity contribution is -0.232. The summed E-state index contributed by atoms with van der Waals surface area (Å²) in [6.45, 7) is 4.02. The van der Waals surface area contributed by atoms with Gasteiger partial charge in [0, 0.05) is 13.3 Å². The van der Waals surface area contributed by atoms with Gasteiger partial charge in [0.1, 0.15) is 12.4 Å². The van der Waals surface area contributed by atoms with Crippen molar-refractivity contribution in [3.8, 4) is 0 Å². The minimum Gasteiger partial charge on any atom is -0.383 e. The van der Waals surface area contributed by atoms with E-state index in [4.69, 9.17) is 24.7 Å². The highest BCUT2D eigenvalue weighted by Crippen LogP contribution is 2.21. The number of nitrogens with two attached hydrogens (primary N) is 1. The van der Waals surface area contributed by atoms with Crippen molar-refractivity contribution in [2.45, 2.75) is 32.2 Å². The molecule has 20 heavy (non-hydrogen) atoms. The molecule has 1 fully saturated rings. The third-order valence-electron chi connectivity index (χ3n) is 2.95. The van der Waals surface area contributed by atoms with E-state index in [9.17, 15) is 4.79 Å². The van der Waals surface area contributed by atoms with Gasteiger partial charge in [0.25, 0.3) is 0 Å². The van der Waals surface area contributed by atoms with Crippen molar-refractivity contribution in [3.63, 3.8) is 0 Å². The van der Waals surface area contributed by atoms with Crippen molar-refractivity contribution in [3.05, 3.63) is 22.7 Å². The van der Waals surface area contributed by atoms with Crippen LogP contribution in [0.1, 0.15) is 20.1 Å². The first kappa shape index (κ1) is 14.9. The highest BCUT2D eigenvalue weighted by atomic mass is 16.8. The summed E-state index contributed by atoms with van der Waals surface area (Å²) in [6.07, 6.45) is 0.440. The lowest BCUT2D eigenvalue weighted by Gasteiger charge is -2.24. The number of anilines is 1. The molecule has 8 heteroatoms. The standard InChI is InChI=1S/C12H19N3O5/c1-12(2,17-3)19-7-10-18-6-9(20-10)15-5-4-8(13)14-11(15)16/h4-5,9-10H,6-7H2,1-3H3,(H2,13,14,16)/t9-,10-/m0/s1. The van der Waals surface area contributed by atoms with Crippen LogP contribution >= 0.6 is 0 Å². The summed E-state index contributed by atoms with van der Waals surface area (Å²) >= 11 is 0. The van der Waals surface area contributed by atoms with Crippen LogP contribution in [-0.2, 0) is 18.9 Å². The normalized spacial score (nSPS) is 23.1. The van der Waals surface area contributed by atoms with E-state index < -0.39 is 24.0 Å². The molecule has 0 spiro atoms. The second-order valence-corrected chi connectivity index (χ2v) is 4.81. The molecule has 0 bridgehead atoms. The highest BCUT2D eigenvalue weighted by molar-refractivity contribution is 5.23. The molecule has 1 aliphatic heterocycles. The first-order valence-electron chi connectivity index (χ1n) is 6.22. The molecule has 2 rings (SSSR count). The summed E-state index contributed by atoms with van der Waals surface area (Å²) in [7, 11) is 1.55. The second kappa shape index (κ2) is 5.88. The van der Waals surface area contributed by atoms with Gasteiger partial charge in [-0.2, -0.15) is 4.98 Å². The highest BCUT2D eigenvalue weighted by Gasteiger charge is 2.30. The Kier molecular flexibility index (Phi) is 4.39. The number of methoxy groups -OCH3 is 1. The van der Waals surface area contributed by atoms with Crippen molar-refractivity contribution in [2.24, 2.45) is 0 Å². The second-order valence-electron chi connectivity index (χ2n) is 4.81. The van der Waals surface area contributed by atoms with Crippen LogP contribution in [0.25, 0.3) is 0 Å². The zero-order valence-corrected chi connectivity index (χ0v) is 11.7. The first-order chi connectivity index (χ1) is 9.41. The zero-order chi connectivity index (χ0) is 14.8. The van der Waals surface area contributed by atoms with E-state index in [1.807, 2.05) is 0 Å². The Hall–Kier alpha value is -1.48. The van der Waals surface area contributed by atoms with Crippen LogP contribution in [0.4, 0.5) is 5.82 Å². The molecule has 0 unspecified atom stereocenters. The van der Waals surface area contributed by atoms with E-state index in [1.54, 1.807) is 21.0 Å². The molecule has 2 heterocycles. The topological polar surface area (TPSA) is 97.8 Å². The van der Waals surface area contributed by atoms with Crippen molar-refractivity contribution in [1.29, 1.82) is 0 Å². The molecule has 1 aromatic rings. The molecule has 2 atom stereocenters. The maximum absolute atomic E-state index is 11.7. The van der Waals surface area contributed by atoms with Gasteiger partial charge in [-0.05, 0) is 19.9 Å². The fraction of sp³-hybridized carbons (Fsp3) is 0.667. The number of hydrogen-bond donors (Lipinski definition) is 1. The lowest BCUT2D eigenvalue weighted by Crippen LogP contribution is -2.32. The van der Waals surface area contributed by atoms with Crippen LogP contribution in [0.2, 0.25) is 0 Å². The molecule has 0 amide bonds. The smallest absolute Gasteiger partial charge is 0.351 e. The molecule has 0 aromatic carbocycles. The van der Waals surface area contributed by atoms with Gasteiger partial charge in [0.15, 0.2) is 18.3 Å². The number of ether oxygens (including phenoxy) is 4. The van der Waals surface area contributed by atoms with Gasteiger partial charge in [-0.3, -0.25) is 4.57 Å². The molecular weight excluding hydrogens is 266 g/mol. The lowest BCUT2D eigenvalue weighted by atomic mass is 10.4. The van der Waals surface area contributed by atoms with Crippen LogP contribution in [-0.4, -0.2) is 42.0 Å². The summed E-state index contributed by atoms with van der Waals surface area (Å²) in [5, 5.41) is 0. The average Bonchev–Trinajstić information content (AvgIpc) is 2.85. The number of nitrogens with zero attached hydrogens (tertiary/aromatic N) is 2. The molecule has 112 valence electrons. The maximum atomic E-state index is 11.7. The SMILES string of the molecule is COC(C)(C)OC[C@H]1OC[C@@H](n2ccc(N)nc2=O)O1. The van der Waals surface area contributed by atoms with Crippen LogP contribution in [0.3, 0.4) is 0 Å². The Morgan fingerprint density at radius 1 is 1.60 bits per heavy atom. The Bertz CT molecular complexity index is 516. The molecule has 1 aromatic heterocycles. The van der Waals surface area contributed by atoms with Crippen LogP contribution in [0.5, 0.6) is 0 Å². The van der Waals surface area contributed by atoms with Crippen molar-refractivity contribution < 1.29 is 18.9 Å². The van der Waals surface area contributed by atoms with E-state index in [2.05, 4.69) is 4.98 Å². The maximum Gasteiger partial charge on any atom is 0.351 e. The van der Waals surface area contributed by atoms with E-state index in [0.29, 0.717) is 0 Å². The van der Waals surface area contributed by atoms with Crippen molar-refractivity contribution >= 4 is 5.82 Å². The predicted molar refractivity (Wildman–Crippen MR) is 69.8 cm³/mol. The van der Waals surface area contributed by atoms with Gasteiger partial charge < -0.3 is 24.7 Å². The Morgan fingerprint density at radius 3 is 3.00 bits per heavy atom. The average molecular weight is 285 g/mol. The van der Waals surface area contributed by atoms with E-state index >= 15 is 0 Å². The number of hydrogen-bond acceptors (Lipinski definition) is 7. The van der Waals surface area contributed by atoms with Gasteiger partial charge in [-0.15, -0.1) is 0 Å². The van der Waals surface area contributed by atoms with Gasteiger partial charge in [0.2, 0.25) is 0 Å². The molecule has 1 saturated heterocycles. The fourth-order valence-electron chi connectivity index (χ4n) is 1.65. The van der Waals surface area contributed by atoms with Crippen LogP contribution in [0, 0.1) is 0 Å². The molecule has 0 aliphatic carbocycles. The van der Waals surface area contributed by atoms with Gasteiger partial charge >= 0.3 is 5.69 Å². The Labute approximate surface area is 116 Å². The van der Waals surface area contributed by atoms with Crippen molar-refractivity contribution in [2.75, 3.05) is 26.1 Å². The molecule has 0 saturated carbocycles. The summed E-state index contributed by atoms with van der Waals surface area (Å²) in [6, 6.07) is 1.53. The summed E-state index contributed by atoms with van der Waals surface area (Å²) < 4.78 is 23.0. The molecular formula is C12H19N3O5. The van der Waals surface area contributed by atoms with E-state index in [-0.39, 0.29) is 19.0 Å². The monoisotopic (exact) mass is 285 g/mol. The summed E-state index contributed by atoms with van der Waals surface area (Å²) in [4.78, 5) is 15.3. The van der Waals surface area contributed by atoms with Gasteiger partial charge in [0.05, 0.1) is 6.61 Å². The predicted octanol–water partition coefficient (Wildman–Crippen LogP) is 0.0961. The minimum absolute atomic E-state index is 0.173. The van der Waals surface area contributed by atoms with Gasteiger partial charge in [-0.25, -0.2) is 4.79 Å². The largest absolute Gasteiger partial charge is 0.383 e. The number of aromatic nitrogens is 2. The summed E-state index contributed by atoms with van der Waals surface area (Å²) in [5.74, 6) is -0.545. The Balaban J connectivity index is 1.94. The van der Waals surface area contributed by atoms with Crippen LogP contribution in [0.15, 0.2) is 17.1 Å². The summed E-state index contributed by atoms with van der Waals surface area (Å²) in [5.41, 5.74) is 4.96. The zero-order valence-electron chi connectivity index (χ0n) is 11.7. The quantitative estimate of drug-likeness (QED) is 0.766. The fourth-order valence-corrected chi connectivity index (χ4v) is 1.65. The molecule has 1 aliphatic rings. The molecule has 2 N–H and O–H groups in total. The van der Waals surface area contributed by atoms with Gasteiger partial charge in [-0.1, -0.05) is 0 Å². The third kappa shape index (κ3) is 3.54. The van der Waals surface area contributed by atoms with E-state index in [1.165, 1.54) is 16.8 Å². The Morgan fingerprint density at radius 2 is 2.35 bits per heavy atom. The molecule has 0 radical (unpaired) electrons. The third-order valence-corrected chi connectivity index (χ3v) is 2.95. The van der Waals surface area contributed by atoms with Crippen LogP contribution < -0.4 is 11.4 Å². The minimum atomic E-state index is -0.718.